The molecule has 3 aromatic rings. The van der Waals surface area contributed by atoms with Crippen LogP contribution in [0.15, 0.2) is 36.7 Å². The van der Waals surface area contributed by atoms with E-state index in [1.807, 2.05) is 6.92 Å². The molecule has 0 aliphatic carbocycles. The van der Waals surface area contributed by atoms with E-state index in [0.29, 0.717) is 57.5 Å². The number of aromatic nitrogens is 2. The minimum atomic E-state index is -2.75. The van der Waals surface area contributed by atoms with Crippen LogP contribution in [0.4, 0.5) is 31.0 Å². The number of amides is 1. The molecule has 0 aliphatic rings. The molecule has 0 spiro atoms. The summed E-state index contributed by atoms with van der Waals surface area (Å²) in [7, 11) is 0. The van der Waals surface area contributed by atoms with Gasteiger partial charge in [0.1, 0.15) is 18.0 Å². The fourth-order valence-electron chi connectivity index (χ4n) is 2.80. The van der Waals surface area contributed by atoms with Crippen molar-refractivity contribution in [2.45, 2.75) is 6.92 Å². The first-order chi connectivity index (χ1) is 15.8. The minimum absolute atomic E-state index is 0.124. The second-order valence-corrected chi connectivity index (χ2v) is 8.48. The van der Waals surface area contributed by atoms with Crippen LogP contribution in [-0.4, -0.2) is 43.7 Å². The Morgan fingerprint density at radius 2 is 2.00 bits per heavy atom. The highest BCUT2D eigenvalue weighted by atomic mass is 35.5. The van der Waals surface area contributed by atoms with E-state index < -0.39 is 40.1 Å². The third kappa shape index (κ3) is 6.21. The number of anilines is 4. The smallest absolute Gasteiger partial charge is 0.268 e. The molecule has 0 aliphatic heterocycles. The Kier molecular flexibility index (Phi) is 8.63. The Balaban J connectivity index is 1.85. The second-order valence-electron chi connectivity index (χ2n) is 6.46. The van der Waals surface area contributed by atoms with E-state index in [2.05, 4.69) is 25.3 Å². The van der Waals surface area contributed by atoms with Gasteiger partial charge in [0.25, 0.3) is 17.2 Å². The number of nitrogens with zero attached hydrogens (tertiary/aromatic N) is 3. The Labute approximate surface area is 199 Å². The normalized spacial score (nSPS) is 11.8. The molecule has 0 fully saturated rings. The van der Waals surface area contributed by atoms with Gasteiger partial charge in [-0.15, -0.1) is 0 Å². The SMILES string of the molecule is CCNCCNc1cc(Cl)ccc1NC(=O)c1cc(F)c(N(c2ncns2)S(=O)O)cc1F. The van der Waals surface area contributed by atoms with Crippen LogP contribution in [0, 0.1) is 11.6 Å². The van der Waals surface area contributed by atoms with E-state index in [1.165, 1.54) is 6.07 Å². The largest absolute Gasteiger partial charge is 0.382 e. The molecule has 9 nitrogen and oxygen atoms in total. The number of benzene rings is 2. The van der Waals surface area contributed by atoms with Gasteiger partial charge in [0.05, 0.1) is 22.6 Å². The van der Waals surface area contributed by atoms with E-state index in [1.54, 1.807) is 12.1 Å². The van der Waals surface area contributed by atoms with Crippen LogP contribution in [-0.2, 0) is 11.3 Å². The van der Waals surface area contributed by atoms with Crippen LogP contribution in [0.5, 0.6) is 0 Å². The maximum atomic E-state index is 14.8. The third-order valence-electron chi connectivity index (χ3n) is 4.28. The number of carbonyl (C=O) groups is 1. The Hall–Kier alpha value is -2.71. The molecule has 1 atom stereocenters. The summed E-state index contributed by atoms with van der Waals surface area (Å²) in [4.78, 5) is 16.5. The van der Waals surface area contributed by atoms with E-state index in [-0.39, 0.29) is 5.13 Å². The molecule has 0 bridgehead atoms. The molecule has 33 heavy (non-hydrogen) atoms. The second kappa shape index (κ2) is 11.4. The lowest BCUT2D eigenvalue weighted by molar-refractivity contribution is 0.102. The summed E-state index contributed by atoms with van der Waals surface area (Å²) in [6.07, 6.45) is 1.10. The van der Waals surface area contributed by atoms with Crippen molar-refractivity contribution in [3.63, 3.8) is 0 Å². The molecule has 14 heteroatoms. The van der Waals surface area contributed by atoms with Crippen molar-refractivity contribution in [2.75, 3.05) is 34.6 Å². The Morgan fingerprint density at radius 1 is 1.21 bits per heavy atom. The van der Waals surface area contributed by atoms with E-state index in [4.69, 9.17) is 11.6 Å². The fraction of sp³-hybridized carbons (Fsp3) is 0.211. The third-order valence-corrected chi connectivity index (χ3v) is 5.96. The quantitative estimate of drug-likeness (QED) is 0.237. The molecule has 0 radical (unpaired) electrons. The first kappa shape index (κ1) is 24.9. The summed E-state index contributed by atoms with van der Waals surface area (Å²) >= 11 is 4.00. The van der Waals surface area contributed by atoms with Gasteiger partial charge in [-0.3, -0.25) is 9.35 Å². The lowest BCUT2D eigenvalue weighted by atomic mass is 10.1. The summed E-state index contributed by atoms with van der Waals surface area (Å²) in [6, 6.07) is 5.97. The van der Waals surface area contributed by atoms with Crippen molar-refractivity contribution in [3.05, 3.63) is 58.9 Å². The first-order valence-electron chi connectivity index (χ1n) is 9.54. The van der Waals surface area contributed by atoms with E-state index in [0.717, 1.165) is 12.9 Å². The fourth-order valence-corrected chi connectivity index (χ4v) is 4.21. The summed E-state index contributed by atoms with van der Waals surface area (Å²) in [5.41, 5.74) is -0.342. The van der Waals surface area contributed by atoms with Gasteiger partial charge in [0.15, 0.2) is 0 Å². The number of halogens is 3. The number of likely N-dealkylation sites (N-methyl/N-ethyl adjacent to an activating group) is 1. The molecule has 0 saturated carbocycles. The van der Waals surface area contributed by atoms with Crippen LogP contribution in [0.2, 0.25) is 5.02 Å². The number of carbonyl (C=O) groups excluding carboxylic acids is 1. The van der Waals surface area contributed by atoms with E-state index >= 15 is 0 Å². The standard InChI is InChI=1S/C19H19ClF2N6O3S2/c1-2-23-5-6-24-16-7-11(20)3-4-15(16)27-18(29)12-8-14(22)17(9-13(12)21)28(33(30)31)19-25-10-26-32-19/h3-4,7-10,23-24H,2,5-6H2,1H3,(H,27,29)(H,30,31). The minimum Gasteiger partial charge on any atom is -0.382 e. The molecule has 3 rings (SSSR count). The molecule has 1 aromatic heterocycles. The summed E-state index contributed by atoms with van der Waals surface area (Å²) in [5, 5.41) is 9.09. The molecule has 4 N–H and O–H groups in total. The van der Waals surface area contributed by atoms with Gasteiger partial charge in [-0.1, -0.05) is 18.5 Å². The van der Waals surface area contributed by atoms with Crippen molar-refractivity contribution >= 4 is 62.5 Å². The van der Waals surface area contributed by atoms with Gasteiger partial charge in [-0.25, -0.2) is 22.3 Å². The van der Waals surface area contributed by atoms with Crippen LogP contribution in [0.1, 0.15) is 17.3 Å². The molecular formula is C19H19ClF2N6O3S2. The highest BCUT2D eigenvalue weighted by molar-refractivity contribution is 7.81. The average Bonchev–Trinajstić information content (AvgIpc) is 3.29. The predicted molar refractivity (Wildman–Crippen MR) is 126 cm³/mol. The van der Waals surface area contributed by atoms with Crippen molar-refractivity contribution < 1.29 is 22.3 Å². The summed E-state index contributed by atoms with van der Waals surface area (Å²) < 4.78 is 55.1. The maximum Gasteiger partial charge on any atom is 0.268 e. The summed E-state index contributed by atoms with van der Waals surface area (Å²) in [5.74, 6) is -3.11. The van der Waals surface area contributed by atoms with Gasteiger partial charge in [0.2, 0.25) is 5.13 Å². The molecule has 1 unspecified atom stereocenters. The van der Waals surface area contributed by atoms with Crippen molar-refractivity contribution in [1.29, 1.82) is 0 Å². The van der Waals surface area contributed by atoms with Gasteiger partial charge in [0, 0.05) is 35.7 Å². The number of hydrogen-bond donors (Lipinski definition) is 4. The van der Waals surface area contributed by atoms with Crippen molar-refractivity contribution in [3.8, 4) is 0 Å². The molecular weight excluding hydrogens is 498 g/mol. The van der Waals surface area contributed by atoms with E-state index in [9.17, 15) is 22.3 Å². The lowest BCUT2D eigenvalue weighted by Gasteiger charge is -2.18. The lowest BCUT2D eigenvalue weighted by Crippen LogP contribution is -2.23. The number of hydrogen-bond acceptors (Lipinski definition) is 7. The van der Waals surface area contributed by atoms with Crippen LogP contribution < -0.4 is 20.3 Å². The maximum absolute atomic E-state index is 14.8. The molecule has 1 amide bonds. The predicted octanol–water partition coefficient (Wildman–Crippen LogP) is 4.02. The van der Waals surface area contributed by atoms with Gasteiger partial charge in [-0.2, -0.15) is 4.37 Å². The van der Waals surface area contributed by atoms with Gasteiger partial charge >= 0.3 is 0 Å². The van der Waals surface area contributed by atoms with Crippen LogP contribution in [0.3, 0.4) is 0 Å². The van der Waals surface area contributed by atoms with Crippen molar-refractivity contribution in [2.24, 2.45) is 0 Å². The van der Waals surface area contributed by atoms with Crippen molar-refractivity contribution in [1.82, 2.24) is 14.7 Å². The number of rotatable bonds is 10. The Bertz CT molecular complexity index is 1150. The van der Waals surface area contributed by atoms with Gasteiger partial charge in [-0.05, 0) is 30.8 Å². The zero-order valence-electron chi connectivity index (χ0n) is 17.1. The average molecular weight is 517 g/mol. The van der Waals surface area contributed by atoms with Crippen LogP contribution in [0.25, 0.3) is 0 Å². The topological polar surface area (TPSA) is 119 Å². The summed E-state index contributed by atoms with van der Waals surface area (Å²) in [6.45, 7) is 3.96. The monoisotopic (exact) mass is 516 g/mol. The Morgan fingerprint density at radius 3 is 2.67 bits per heavy atom. The molecule has 176 valence electrons. The zero-order valence-corrected chi connectivity index (χ0v) is 19.5. The molecule has 0 saturated heterocycles. The first-order valence-corrected chi connectivity index (χ1v) is 11.8. The molecule has 1 heterocycles. The highest BCUT2D eigenvalue weighted by Gasteiger charge is 2.25. The van der Waals surface area contributed by atoms with Crippen LogP contribution >= 0.6 is 23.1 Å². The number of nitrogens with one attached hydrogen (secondary N) is 3. The zero-order chi connectivity index (χ0) is 24.0. The highest BCUT2D eigenvalue weighted by Crippen LogP contribution is 2.32. The van der Waals surface area contributed by atoms with Gasteiger partial charge < -0.3 is 16.0 Å². The molecule has 2 aromatic carbocycles.